The molecule has 0 aliphatic rings. The Bertz CT molecular complexity index is 468. The zero-order valence-corrected chi connectivity index (χ0v) is 10.7. The number of rotatable bonds is 4. The summed E-state index contributed by atoms with van der Waals surface area (Å²) in [7, 11) is 0. The molecule has 0 heterocycles. The van der Waals surface area contributed by atoms with Crippen LogP contribution in [0.4, 0.5) is 0 Å². The first-order valence-corrected chi connectivity index (χ1v) is 5.66. The number of aromatic hydroxyl groups is 1. The molecule has 5 nitrogen and oxygen atoms in total. The lowest BCUT2D eigenvalue weighted by Gasteiger charge is -2.25. The fourth-order valence-electron chi connectivity index (χ4n) is 1.64. The van der Waals surface area contributed by atoms with Crippen LogP contribution in [-0.4, -0.2) is 39.6 Å². The SMILES string of the molecule is Cc1c(O)cccc1C(=O)N(CC(=O)O)C(C)C. The van der Waals surface area contributed by atoms with E-state index in [2.05, 4.69) is 0 Å². The Kier molecular flexibility index (Phi) is 4.31. The Labute approximate surface area is 106 Å². The van der Waals surface area contributed by atoms with Crippen molar-refractivity contribution < 1.29 is 19.8 Å². The summed E-state index contributed by atoms with van der Waals surface area (Å²) in [6.45, 7) is 4.77. The Balaban J connectivity index is 3.10. The molecule has 0 aromatic heterocycles. The molecule has 98 valence electrons. The fraction of sp³-hybridized carbons (Fsp3) is 0.385. The molecule has 0 radical (unpaired) electrons. The molecule has 1 amide bonds. The van der Waals surface area contributed by atoms with Crippen LogP contribution < -0.4 is 0 Å². The molecule has 1 aromatic rings. The van der Waals surface area contributed by atoms with Crippen LogP contribution in [-0.2, 0) is 4.79 Å². The maximum atomic E-state index is 12.2. The molecular formula is C13H17NO4. The summed E-state index contributed by atoms with van der Waals surface area (Å²) in [5.41, 5.74) is 0.781. The van der Waals surface area contributed by atoms with Crippen LogP contribution in [0.1, 0.15) is 29.8 Å². The monoisotopic (exact) mass is 251 g/mol. The average Bonchev–Trinajstić information content (AvgIpc) is 2.28. The van der Waals surface area contributed by atoms with Crippen molar-refractivity contribution >= 4 is 11.9 Å². The predicted molar refractivity (Wildman–Crippen MR) is 66.7 cm³/mol. The number of hydrogen-bond acceptors (Lipinski definition) is 3. The van der Waals surface area contributed by atoms with Gasteiger partial charge in [-0.05, 0) is 32.9 Å². The van der Waals surface area contributed by atoms with Crippen LogP contribution >= 0.6 is 0 Å². The quantitative estimate of drug-likeness (QED) is 0.852. The molecule has 0 saturated heterocycles. The third-order valence-corrected chi connectivity index (χ3v) is 2.73. The van der Waals surface area contributed by atoms with Crippen molar-refractivity contribution in [3.8, 4) is 5.75 Å². The molecule has 0 fully saturated rings. The van der Waals surface area contributed by atoms with Gasteiger partial charge in [0.15, 0.2) is 0 Å². The average molecular weight is 251 g/mol. The van der Waals surface area contributed by atoms with Gasteiger partial charge in [0.1, 0.15) is 12.3 Å². The van der Waals surface area contributed by atoms with E-state index in [-0.39, 0.29) is 24.2 Å². The van der Waals surface area contributed by atoms with Gasteiger partial charge in [0, 0.05) is 17.2 Å². The number of nitrogens with zero attached hydrogens (tertiary/aromatic N) is 1. The third-order valence-electron chi connectivity index (χ3n) is 2.73. The third kappa shape index (κ3) is 3.00. The summed E-state index contributed by atoms with van der Waals surface area (Å²) in [4.78, 5) is 24.3. The van der Waals surface area contributed by atoms with Crippen molar-refractivity contribution in [2.45, 2.75) is 26.8 Å². The zero-order chi connectivity index (χ0) is 13.9. The molecule has 18 heavy (non-hydrogen) atoms. The number of carbonyl (C=O) groups excluding carboxylic acids is 1. The molecule has 0 aliphatic carbocycles. The Morgan fingerprint density at radius 3 is 2.44 bits per heavy atom. The van der Waals surface area contributed by atoms with Gasteiger partial charge >= 0.3 is 5.97 Å². The second kappa shape index (κ2) is 5.53. The standard InChI is InChI=1S/C13H17NO4/c1-8(2)14(7-12(16)17)13(18)10-5-4-6-11(15)9(10)3/h4-6,8,15H,7H2,1-3H3,(H,16,17). The molecule has 0 atom stereocenters. The first kappa shape index (κ1) is 14.0. The highest BCUT2D eigenvalue weighted by atomic mass is 16.4. The number of phenolic OH excluding ortho intramolecular Hbond substituents is 1. The molecule has 2 N–H and O–H groups in total. The van der Waals surface area contributed by atoms with Crippen LogP contribution in [0.5, 0.6) is 5.75 Å². The number of hydrogen-bond donors (Lipinski definition) is 2. The van der Waals surface area contributed by atoms with Gasteiger partial charge in [-0.25, -0.2) is 0 Å². The summed E-state index contributed by atoms with van der Waals surface area (Å²) in [6, 6.07) is 4.40. The van der Waals surface area contributed by atoms with Crippen LogP contribution in [0, 0.1) is 6.92 Å². The van der Waals surface area contributed by atoms with Gasteiger partial charge in [-0.3, -0.25) is 9.59 Å². The summed E-state index contributed by atoms with van der Waals surface area (Å²) >= 11 is 0. The van der Waals surface area contributed by atoms with E-state index in [9.17, 15) is 14.7 Å². The summed E-state index contributed by atoms with van der Waals surface area (Å²) < 4.78 is 0. The lowest BCUT2D eigenvalue weighted by molar-refractivity contribution is -0.138. The number of aliphatic carboxylic acids is 1. The normalized spacial score (nSPS) is 10.4. The van der Waals surface area contributed by atoms with Crippen molar-refractivity contribution in [3.05, 3.63) is 29.3 Å². The molecule has 1 rings (SSSR count). The molecule has 0 unspecified atom stereocenters. The van der Waals surface area contributed by atoms with E-state index in [1.165, 1.54) is 11.0 Å². The second-order valence-electron chi connectivity index (χ2n) is 4.37. The Hall–Kier alpha value is -2.04. The first-order chi connectivity index (χ1) is 8.34. The van der Waals surface area contributed by atoms with Gasteiger partial charge in [0.2, 0.25) is 0 Å². The first-order valence-electron chi connectivity index (χ1n) is 5.66. The largest absolute Gasteiger partial charge is 0.508 e. The fourth-order valence-corrected chi connectivity index (χ4v) is 1.64. The van der Waals surface area contributed by atoms with Gasteiger partial charge in [-0.1, -0.05) is 6.07 Å². The van der Waals surface area contributed by atoms with Gasteiger partial charge in [-0.2, -0.15) is 0 Å². The van der Waals surface area contributed by atoms with Crippen molar-refractivity contribution in [2.75, 3.05) is 6.54 Å². The highest BCUT2D eigenvalue weighted by Crippen LogP contribution is 2.21. The van der Waals surface area contributed by atoms with E-state index in [0.29, 0.717) is 11.1 Å². The van der Waals surface area contributed by atoms with Crippen LogP contribution in [0.2, 0.25) is 0 Å². The minimum absolute atomic E-state index is 0.0277. The molecule has 0 aliphatic heterocycles. The van der Waals surface area contributed by atoms with Crippen molar-refractivity contribution in [3.63, 3.8) is 0 Å². The number of amides is 1. The molecule has 0 saturated carbocycles. The van der Waals surface area contributed by atoms with E-state index in [4.69, 9.17) is 5.11 Å². The maximum absolute atomic E-state index is 12.2. The van der Waals surface area contributed by atoms with Gasteiger partial charge in [0.25, 0.3) is 5.91 Å². The van der Waals surface area contributed by atoms with Gasteiger partial charge < -0.3 is 15.1 Å². The van der Waals surface area contributed by atoms with Crippen molar-refractivity contribution in [1.29, 1.82) is 0 Å². The molecule has 0 bridgehead atoms. The number of carbonyl (C=O) groups is 2. The molecule has 0 spiro atoms. The highest BCUT2D eigenvalue weighted by molar-refractivity contribution is 5.97. The number of benzene rings is 1. The minimum Gasteiger partial charge on any atom is -0.508 e. The van der Waals surface area contributed by atoms with Crippen LogP contribution in [0.15, 0.2) is 18.2 Å². The smallest absolute Gasteiger partial charge is 0.323 e. The molecular weight excluding hydrogens is 234 g/mol. The second-order valence-corrected chi connectivity index (χ2v) is 4.37. The van der Waals surface area contributed by atoms with Crippen LogP contribution in [0.25, 0.3) is 0 Å². The Morgan fingerprint density at radius 2 is 1.94 bits per heavy atom. The lowest BCUT2D eigenvalue weighted by atomic mass is 10.1. The maximum Gasteiger partial charge on any atom is 0.323 e. The predicted octanol–water partition coefficient (Wildman–Crippen LogP) is 1.64. The summed E-state index contributed by atoms with van der Waals surface area (Å²) in [5.74, 6) is -1.42. The summed E-state index contributed by atoms with van der Waals surface area (Å²) in [5, 5.41) is 18.4. The van der Waals surface area contributed by atoms with E-state index in [1.807, 2.05) is 0 Å². The van der Waals surface area contributed by atoms with Gasteiger partial charge in [-0.15, -0.1) is 0 Å². The van der Waals surface area contributed by atoms with E-state index >= 15 is 0 Å². The van der Waals surface area contributed by atoms with E-state index < -0.39 is 5.97 Å². The zero-order valence-electron chi connectivity index (χ0n) is 10.7. The van der Waals surface area contributed by atoms with Gasteiger partial charge in [0.05, 0.1) is 0 Å². The molecule has 5 heteroatoms. The summed E-state index contributed by atoms with van der Waals surface area (Å²) in [6.07, 6.45) is 0. The van der Waals surface area contributed by atoms with E-state index in [1.54, 1.807) is 32.9 Å². The van der Waals surface area contributed by atoms with Crippen molar-refractivity contribution in [2.24, 2.45) is 0 Å². The number of phenols is 1. The number of carboxylic acid groups (broad SMARTS) is 1. The minimum atomic E-state index is -1.06. The molecule has 1 aromatic carbocycles. The highest BCUT2D eigenvalue weighted by Gasteiger charge is 2.23. The number of carboxylic acids is 1. The lowest BCUT2D eigenvalue weighted by Crippen LogP contribution is -2.40. The Morgan fingerprint density at radius 1 is 1.33 bits per heavy atom. The topological polar surface area (TPSA) is 77.8 Å². The van der Waals surface area contributed by atoms with E-state index in [0.717, 1.165) is 0 Å². The van der Waals surface area contributed by atoms with Crippen LogP contribution in [0.3, 0.4) is 0 Å². The van der Waals surface area contributed by atoms with Crippen molar-refractivity contribution in [1.82, 2.24) is 4.90 Å².